The Hall–Kier alpha value is -3.09. The maximum Gasteiger partial charge on any atom is 0.310 e. The van der Waals surface area contributed by atoms with Crippen LogP contribution in [0.25, 0.3) is 0 Å². The van der Waals surface area contributed by atoms with Gasteiger partial charge in [0.15, 0.2) is 12.4 Å². The van der Waals surface area contributed by atoms with Crippen LogP contribution in [0.1, 0.15) is 11.1 Å². The molecule has 0 aliphatic carbocycles. The summed E-state index contributed by atoms with van der Waals surface area (Å²) < 4.78 is 10.8. The van der Waals surface area contributed by atoms with E-state index < -0.39 is 4.92 Å². The predicted molar refractivity (Wildman–Crippen MR) is 93.0 cm³/mol. The van der Waals surface area contributed by atoms with E-state index in [4.69, 9.17) is 9.47 Å². The van der Waals surface area contributed by atoms with Crippen LogP contribution in [0.3, 0.4) is 0 Å². The van der Waals surface area contributed by atoms with Gasteiger partial charge in [0.1, 0.15) is 12.4 Å². The Morgan fingerprint density at radius 1 is 1.12 bits per heavy atom. The van der Waals surface area contributed by atoms with Crippen molar-refractivity contribution in [2.75, 3.05) is 19.8 Å². The summed E-state index contributed by atoms with van der Waals surface area (Å²) in [4.78, 5) is 22.1. The first-order chi connectivity index (χ1) is 12.0. The number of nitrogens with zero attached hydrogens (tertiary/aromatic N) is 1. The molecule has 2 aromatic rings. The lowest BCUT2D eigenvalue weighted by molar-refractivity contribution is -0.385. The lowest BCUT2D eigenvalue weighted by Gasteiger charge is -2.10. The second-order valence-electron chi connectivity index (χ2n) is 5.54. The van der Waals surface area contributed by atoms with Gasteiger partial charge in [0.2, 0.25) is 0 Å². The maximum absolute atomic E-state index is 11.8. The summed E-state index contributed by atoms with van der Waals surface area (Å²) in [5, 5.41) is 13.5. The molecule has 7 nitrogen and oxygen atoms in total. The predicted octanol–water partition coefficient (Wildman–Crippen LogP) is 2.79. The number of nitro groups is 1. The van der Waals surface area contributed by atoms with Crippen LogP contribution in [-0.2, 0) is 4.79 Å². The highest BCUT2D eigenvalue weighted by molar-refractivity contribution is 5.77. The van der Waals surface area contributed by atoms with Gasteiger partial charge in [-0.15, -0.1) is 0 Å². The summed E-state index contributed by atoms with van der Waals surface area (Å²) in [5.41, 5.74) is 2.04. The van der Waals surface area contributed by atoms with Crippen molar-refractivity contribution >= 4 is 11.6 Å². The first kappa shape index (κ1) is 18.3. The summed E-state index contributed by atoms with van der Waals surface area (Å²) in [6.07, 6.45) is 0. The standard InChI is InChI=1S/C18H20N2O5/c1-13-9-14(2)11-15(10-13)24-8-7-19-18(21)12-25-17-6-4-3-5-16(17)20(22)23/h3-6,9-11H,7-8,12H2,1-2H3,(H,19,21). The molecule has 132 valence electrons. The normalized spacial score (nSPS) is 10.2. The second kappa shape index (κ2) is 8.68. The minimum atomic E-state index is -0.551. The molecule has 0 unspecified atom stereocenters. The third-order valence-electron chi connectivity index (χ3n) is 3.31. The van der Waals surface area contributed by atoms with Gasteiger partial charge in [-0.3, -0.25) is 14.9 Å². The molecule has 0 aromatic heterocycles. The van der Waals surface area contributed by atoms with Crippen molar-refractivity contribution in [2.24, 2.45) is 0 Å². The fraction of sp³-hybridized carbons (Fsp3) is 0.278. The fourth-order valence-electron chi connectivity index (χ4n) is 2.30. The average Bonchev–Trinajstić information content (AvgIpc) is 2.56. The van der Waals surface area contributed by atoms with Gasteiger partial charge in [-0.1, -0.05) is 18.2 Å². The van der Waals surface area contributed by atoms with Crippen molar-refractivity contribution in [3.63, 3.8) is 0 Å². The smallest absolute Gasteiger partial charge is 0.310 e. The first-order valence-corrected chi connectivity index (χ1v) is 7.79. The number of nitro benzene ring substituents is 1. The SMILES string of the molecule is Cc1cc(C)cc(OCCNC(=O)COc2ccccc2[N+](=O)[O-])c1. The van der Waals surface area contributed by atoms with Crippen LogP contribution >= 0.6 is 0 Å². The molecule has 0 aliphatic rings. The Balaban J connectivity index is 1.73. The van der Waals surface area contributed by atoms with E-state index in [1.54, 1.807) is 6.07 Å². The minimum absolute atomic E-state index is 0.0640. The van der Waals surface area contributed by atoms with Gasteiger partial charge in [0, 0.05) is 6.07 Å². The maximum atomic E-state index is 11.8. The molecule has 0 saturated carbocycles. The average molecular weight is 344 g/mol. The van der Waals surface area contributed by atoms with Gasteiger partial charge >= 0.3 is 5.69 Å². The van der Waals surface area contributed by atoms with E-state index >= 15 is 0 Å². The van der Waals surface area contributed by atoms with E-state index in [0.29, 0.717) is 13.2 Å². The molecule has 0 radical (unpaired) electrons. The van der Waals surface area contributed by atoms with Gasteiger partial charge in [-0.2, -0.15) is 0 Å². The molecule has 2 aromatic carbocycles. The zero-order valence-corrected chi connectivity index (χ0v) is 14.2. The molecule has 0 atom stereocenters. The molecule has 0 bridgehead atoms. The number of hydrogen-bond acceptors (Lipinski definition) is 5. The Bertz CT molecular complexity index is 741. The van der Waals surface area contributed by atoms with Crippen LogP contribution in [0.5, 0.6) is 11.5 Å². The highest BCUT2D eigenvalue weighted by atomic mass is 16.6. The number of para-hydroxylation sites is 2. The summed E-state index contributed by atoms with van der Waals surface area (Å²) in [6.45, 7) is 4.31. The zero-order valence-electron chi connectivity index (χ0n) is 14.2. The highest BCUT2D eigenvalue weighted by Crippen LogP contribution is 2.25. The lowest BCUT2D eigenvalue weighted by Crippen LogP contribution is -2.32. The third-order valence-corrected chi connectivity index (χ3v) is 3.31. The molecule has 1 N–H and O–H groups in total. The van der Waals surface area contributed by atoms with Gasteiger partial charge in [-0.05, 0) is 43.2 Å². The summed E-state index contributed by atoms with van der Waals surface area (Å²) in [6, 6.07) is 11.8. The second-order valence-corrected chi connectivity index (χ2v) is 5.54. The summed E-state index contributed by atoms with van der Waals surface area (Å²) in [5.74, 6) is 0.444. The van der Waals surface area contributed by atoms with Gasteiger partial charge in [0.05, 0.1) is 11.5 Å². The largest absolute Gasteiger partial charge is 0.492 e. The first-order valence-electron chi connectivity index (χ1n) is 7.79. The van der Waals surface area contributed by atoms with E-state index in [-0.39, 0.29) is 24.0 Å². The molecule has 0 saturated heterocycles. The van der Waals surface area contributed by atoms with E-state index in [1.165, 1.54) is 18.2 Å². The van der Waals surface area contributed by atoms with Crippen LogP contribution in [0.15, 0.2) is 42.5 Å². The quantitative estimate of drug-likeness (QED) is 0.452. The number of carbonyl (C=O) groups excluding carboxylic acids is 1. The number of benzene rings is 2. The molecular formula is C18H20N2O5. The molecule has 7 heteroatoms. The van der Waals surface area contributed by atoms with Crippen molar-refractivity contribution in [1.29, 1.82) is 0 Å². The van der Waals surface area contributed by atoms with E-state index in [9.17, 15) is 14.9 Å². The molecule has 0 spiro atoms. The number of hydrogen-bond donors (Lipinski definition) is 1. The molecular weight excluding hydrogens is 324 g/mol. The van der Waals surface area contributed by atoms with Crippen molar-refractivity contribution in [2.45, 2.75) is 13.8 Å². The number of aryl methyl sites for hydroxylation is 2. The molecule has 0 aliphatic heterocycles. The molecule has 0 heterocycles. The van der Waals surface area contributed by atoms with Crippen LogP contribution < -0.4 is 14.8 Å². The van der Waals surface area contributed by atoms with Crippen LogP contribution in [0.4, 0.5) is 5.69 Å². The number of amides is 1. The van der Waals surface area contributed by atoms with Crippen molar-refractivity contribution in [3.8, 4) is 11.5 Å². The fourth-order valence-corrected chi connectivity index (χ4v) is 2.30. The Kier molecular flexibility index (Phi) is 6.33. The van der Waals surface area contributed by atoms with Gasteiger partial charge in [-0.25, -0.2) is 0 Å². The minimum Gasteiger partial charge on any atom is -0.492 e. The number of rotatable bonds is 8. The van der Waals surface area contributed by atoms with E-state index in [0.717, 1.165) is 16.9 Å². The highest BCUT2D eigenvalue weighted by Gasteiger charge is 2.14. The lowest BCUT2D eigenvalue weighted by atomic mass is 10.1. The van der Waals surface area contributed by atoms with Gasteiger partial charge < -0.3 is 14.8 Å². The summed E-state index contributed by atoms with van der Waals surface area (Å²) >= 11 is 0. The van der Waals surface area contributed by atoms with E-state index in [1.807, 2.05) is 26.0 Å². The number of carbonyl (C=O) groups is 1. The zero-order chi connectivity index (χ0) is 18.2. The Morgan fingerprint density at radius 3 is 2.48 bits per heavy atom. The van der Waals surface area contributed by atoms with Gasteiger partial charge in [0.25, 0.3) is 5.91 Å². The molecule has 2 rings (SSSR count). The Morgan fingerprint density at radius 2 is 1.80 bits per heavy atom. The monoisotopic (exact) mass is 344 g/mol. The number of nitrogens with one attached hydrogen (secondary N) is 1. The van der Waals surface area contributed by atoms with Crippen molar-refractivity contribution in [3.05, 3.63) is 63.7 Å². The van der Waals surface area contributed by atoms with Crippen LogP contribution in [0, 0.1) is 24.0 Å². The topological polar surface area (TPSA) is 90.7 Å². The third kappa shape index (κ3) is 5.80. The van der Waals surface area contributed by atoms with Crippen molar-refractivity contribution in [1.82, 2.24) is 5.32 Å². The summed E-state index contributed by atoms with van der Waals surface area (Å²) in [7, 11) is 0. The van der Waals surface area contributed by atoms with Crippen molar-refractivity contribution < 1.29 is 19.2 Å². The van der Waals surface area contributed by atoms with Crippen LogP contribution in [0.2, 0.25) is 0 Å². The van der Waals surface area contributed by atoms with E-state index in [2.05, 4.69) is 11.4 Å². The van der Waals surface area contributed by atoms with Crippen LogP contribution in [-0.4, -0.2) is 30.6 Å². The molecule has 1 amide bonds. The molecule has 25 heavy (non-hydrogen) atoms. The molecule has 0 fully saturated rings. The Labute approximate surface area is 145 Å². The number of ether oxygens (including phenoxy) is 2.